The van der Waals surface area contributed by atoms with Crippen LogP contribution in [0.4, 0.5) is 0 Å². The summed E-state index contributed by atoms with van der Waals surface area (Å²) in [6.07, 6.45) is 0. The molecule has 0 atom stereocenters. The molecule has 0 saturated heterocycles. The van der Waals surface area contributed by atoms with Crippen LogP contribution < -0.4 is 35.8 Å². The Morgan fingerprint density at radius 1 is 0.889 bits per heavy atom. The summed E-state index contributed by atoms with van der Waals surface area (Å²) in [5.41, 5.74) is 0. The monoisotopic (exact) mass is 226 g/mol. The molecule has 0 saturated carbocycles. The molecule has 0 aliphatic carbocycles. The predicted molar refractivity (Wildman–Crippen MR) is 25.3 cm³/mol. The molecular formula is C6H5BrCuLi. The van der Waals surface area contributed by atoms with Gasteiger partial charge in [-0.1, -0.05) is 0 Å². The molecule has 1 rings (SSSR count). The van der Waals surface area contributed by atoms with Gasteiger partial charge in [0, 0.05) is 0 Å². The molecule has 0 fully saturated rings. The molecular weight excluding hydrogens is 222 g/mol. The first-order chi connectivity index (χ1) is 3.00. The first kappa shape index (κ1) is 16.4. The van der Waals surface area contributed by atoms with Crippen LogP contribution in [0.2, 0.25) is 0 Å². The Hall–Kier alpha value is 0.817. The Labute approximate surface area is 88.8 Å². The third-order valence-corrected chi connectivity index (χ3v) is 0.607. The van der Waals surface area contributed by atoms with Gasteiger partial charge in [-0.25, -0.2) is 0 Å². The summed E-state index contributed by atoms with van der Waals surface area (Å²) in [6, 6.07) is 12.5. The third kappa shape index (κ3) is 8.82. The molecule has 48 valence electrons. The first-order valence-corrected chi connectivity index (χ1v) is 1.91. The molecule has 0 aliphatic rings. The summed E-state index contributed by atoms with van der Waals surface area (Å²) in [4.78, 5) is 0. The van der Waals surface area contributed by atoms with Crippen LogP contribution in [0.1, 0.15) is 0 Å². The van der Waals surface area contributed by atoms with E-state index in [2.05, 4.69) is 6.07 Å². The second kappa shape index (κ2) is 11.6. The smallest absolute Gasteiger partial charge is 1.00 e. The summed E-state index contributed by atoms with van der Waals surface area (Å²) >= 11 is 0. The van der Waals surface area contributed by atoms with Gasteiger partial charge in [-0.05, 0) is 0 Å². The van der Waals surface area contributed by atoms with E-state index in [-0.39, 0.29) is 52.9 Å². The van der Waals surface area contributed by atoms with Gasteiger partial charge in [0.05, 0.1) is 0 Å². The SMILES string of the molecule is [Br-].[Cu+].[Li+].[c-]1ccccc1. The fourth-order valence-electron chi connectivity index (χ4n) is 0.342. The minimum atomic E-state index is 0. The van der Waals surface area contributed by atoms with Gasteiger partial charge in [-0.2, -0.15) is 36.4 Å². The summed E-state index contributed by atoms with van der Waals surface area (Å²) < 4.78 is 0. The largest absolute Gasteiger partial charge is 1.00 e. The van der Waals surface area contributed by atoms with Crippen molar-refractivity contribution in [1.29, 1.82) is 0 Å². The predicted octanol–water partition coefficient (Wildman–Crippen LogP) is -4.51. The second-order valence-electron chi connectivity index (χ2n) is 1.08. The molecule has 0 nitrogen and oxygen atoms in total. The van der Waals surface area contributed by atoms with Gasteiger partial charge in [0.1, 0.15) is 0 Å². The number of benzene rings is 1. The van der Waals surface area contributed by atoms with Crippen molar-refractivity contribution >= 4 is 0 Å². The maximum atomic E-state index is 2.89. The van der Waals surface area contributed by atoms with Gasteiger partial charge < -0.3 is 17.0 Å². The van der Waals surface area contributed by atoms with Crippen LogP contribution in [0.3, 0.4) is 0 Å². The first-order valence-electron chi connectivity index (χ1n) is 1.91. The van der Waals surface area contributed by atoms with Crippen molar-refractivity contribution in [1.82, 2.24) is 0 Å². The van der Waals surface area contributed by atoms with Crippen LogP contribution in [0.15, 0.2) is 30.3 Å². The van der Waals surface area contributed by atoms with E-state index in [1.165, 1.54) is 0 Å². The van der Waals surface area contributed by atoms with E-state index < -0.39 is 0 Å². The number of rotatable bonds is 0. The van der Waals surface area contributed by atoms with E-state index in [1.54, 1.807) is 0 Å². The van der Waals surface area contributed by atoms with Crippen molar-refractivity contribution in [2.75, 3.05) is 0 Å². The van der Waals surface area contributed by atoms with Crippen LogP contribution in [0.5, 0.6) is 0 Å². The molecule has 0 amide bonds. The maximum absolute atomic E-state index is 2.89. The summed E-state index contributed by atoms with van der Waals surface area (Å²) in [6.45, 7) is 0. The molecule has 0 heterocycles. The molecule has 0 aliphatic heterocycles. The summed E-state index contributed by atoms with van der Waals surface area (Å²) in [5, 5.41) is 0. The minimum absolute atomic E-state index is 0. The zero-order chi connectivity index (χ0) is 4.24. The van der Waals surface area contributed by atoms with Crippen molar-refractivity contribution in [2.24, 2.45) is 0 Å². The topological polar surface area (TPSA) is 0 Å². The fourth-order valence-corrected chi connectivity index (χ4v) is 0.342. The van der Waals surface area contributed by atoms with Crippen LogP contribution in [-0.2, 0) is 17.1 Å². The molecule has 0 spiro atoms. The Kier molecular flexibility index (Phi) is 21.2. The normalized spacial score (nSPS) is 5.33. The summed E-state index contributed by atoms with van der Waals surface area (Å²) in [7, 11) is 0. The standard InChI is InChI=1S/C6H5.BrH.Cu.Li/c1-2-4-6-5-3-1;;;/h1-5H;1H;;/q-1;;2*+1/p-1. The average molecular weight is 227 g/mol. The Morgan fingerprint density at radius 3 is 1.44 bits per heavy atom. The molecule has 9 heavy (non-hydrogen) atoms. The number of halogens is 1. The van der Waals surface area contributed by atoms with Crippen LogP contribution in [0, 0.1) is 6.07 Å². The molecule has 0 N–H and O–H groups in total. The van der Waals surface area contributed by atoms with Gasteiger partial charge in [0.2, 0.25) is 0 Å². The van der Waals surface area contributed by atoms with Gasteiger partial charge in [-0.3, -0.25) is 0 Å². The quantitative estimate of drug-likeness (QED) is 0.310. The molecule has 1 aromatic carbocycles. The molecule has 0 bridgehead atoms. The van der Waals surface area contributed by atoms with Crippen molar-refractivity contribution < 1.29 is 52.9 Å². The van der Waals surface area contributed by atoms with E-state index >= 15 is 0 Å². The zero-order valence-electron chi connectivity index (χ0n) is 5.07. The maximum Gasteiger partial charge on any atom is 1.00 e. The van der Waals surface area contributed by atoms with Gasteiger partial charge in [0.25, 0.3) is 0 Å². The summed E-state index contributed by atoms with van der Waals surface area (Å²) in [5.74, 6) is 0. The third-order valence-electron chi connectivity index (χ3n) is 0.607. The van der Waals surface area contributed by atoms with Crippen molar-refractivity contribution in [3.63, 3.8) is 0 Å². The Balaban J connectivity index is -0.000000120. The van der Waals surface area contributed by atoms with Gasteiger partial charge in [0.15, 0.2) is 0 Å². The van der Waals surface area contributed by atoms with E-state index in [0.717, 1.165) is 0 Å². The number of hydrogen-bond acceptors (Lipinski definition) is 0. The van der Waals surface area contributed by atoms with E-state index in [1.807, 2.05) is 30.3 Å². The van der Waals surface area contributed by atoms with Crippen LogP contribution >= 0.6 is 0 Å². The second-order valence-corrected chi connectivity index (χ2v) is 1.08. The average Bonchev–Trinajstić information content (AvgIpc) is 1.72. The molecule has 1 aromatic rings. The van der Waals surface area contributed by atoms with Crippen molar-refractivity contribution in [3.8, 4) is 0 Å². The Bertz CT molecular complexity index is 85.0. The van der Waals surface area contributed by atoms with Crippen molar-refractivity contribution in [3.05, 3.63) is 36.4 Å². The molecule has 3 heteroatoms. The van der Waals surface area contributed by atoms with E-state index in [4.69, 9.17) is 0 Å². The molecule has 0 radical (unpaired) electrons. The fraction of sp³-hybridized carbons (Fsp3) is 0. The van der Waals surface area contributed by atoms with E-state index in [0.29, 0.717) is 0 Å². The van der Waals surface area contributed by atoms with Gasteiger partial charge >= 0.3 is 35.9 Å². The van der Waals surface area contributed by atoms with Crippen LogP contribution in [-0.4, -0.2) is 0 Å². The van der Waals surface area contributed by atoms with Crippen molar-refractivity contribution in [2.45, 2.75) is 0 Å². The zero-order valence-corrected chi connectivity index (χ0v) is 7.59. The molecule has 0 aromatic heterocycles. The number of hydrogen-bond donors (Lipinski definition) is 0. The minimum Gasteiger partial charge on any atom is -1.00 e. The van der Waals surface area contributed by atoms with E-state index in [9.17, 15) is 0 Å². The molecule has 0 unspecified atom stereocenters. The van der Waals surface area contributed by atoms with Crippen LogP contribution in [0.25, 0.3) is 0 Å². The Morgan fingerprint density at radius 2 is 1.33 bits per heavy atom. The van der Waals surface area contributed by atoms with Gasteiger partial charge in [-0.15, -0.1) is 0 Å².